The SMILES string of the molecule is CCCCCCCCCCCCCCCC(=O)OC/C=C(\C)CCC=C(C)C. The summed E-state index contributed by atoms with van der Waals surface area (Å²) in [7, 11) is 0. The van der Waals surface area contributed by atoms with Gasteiger partial charge in [0, 0.05) is 6.42 Å². The van der Waals surface area contributed by atoms with E-state index in [1.807, 2.05) is 6.08 Å². The molecule has 2 nitrogen and oxygen atoms in total. The number of hydrogen-bond acceptors (Lipinski definition) is 2. The first-order valence-electron chi connectivity index (χ1n) is 12.0. The van der Waals surface area contributed by atoms with E-state index in [1.165, 1.54) is 81.8 Å². The maximum Gasteiger partial charge on any atom is 0.306 e. The molecular formula is C26H48O2. The molecule has 0 N–H and O–H groups in total. The van der Waals surface area contributed by atoms with E-state index in [4.69, 9.17) is 4.74 Å². The fourth-order valence-electron chi connectivity index (χ4n) is 3.33. The molecule has 0 aliphatic rings. The lowest BCUT2D eigenvalue weighted by atomic mass is 10.0. The van der Waals surface area contributed by atoms with Gasteiger partial charge in [0.1, 0.15) is 6.61 Å². The van der Waals surface area contributed by atoms with Crippen molar-refractivity contribution in [3.05, 3.63) is 23.3 Å². The maximum atomic E-state index is 11.8. The maximum absolute atomic E-state index is 11.8. The van der Waals surface area contributed by atoms with Gasteiger partial charge >= 0.3 is 5.97 Å². The second kappa shape index (κ2) is 20.7. The molecule has 0 atom stereocenters. The molecule has 0 aromatic heterocycles. The lowest BCUT2D eigenvalue weighted by molar-refractivity contribution is -0.142. The molecule has 164 valence electrons. The number of carbonyl (C=O) groups excluding carboxylic acids is 1. The van der Waals surface area contributed by atoms with E-state index in [0.29, 0.717) is 13.0 Å². The number of allylic oxidation sites excluding steroid dienone is 3. The van der Waals surface area contributed by atoms with Gasteiger partial charge in [-0.15, -0.1) is 0 Å². The van der Waals surface area contributed by atoms with Crippen molar-refractivity contribution in [3.63, 3.8) is 0 Å². The van der Waals surface area contributed by atoms with Crippen LogP contribution >= 0.6 is 0 Å². The molecule has 0 unspecified atom stereocenters. The Bertz CT molecular complexity index is 416. The predicted octanol–water partition coefficient (Wildman–Crippen LogP) is 8.70. The minimum atomic E-state index is -0.0450. The molecule has 0 saturated heterocycles. The average molecular weight is 393 g/mol. The average Bonchev–Trinajstić information content (AvgIpc) is 2.65. The number of rotatable bonds is 19. The molecule has 0 aromatic rings. The van der Waals surface area contributed by atoms with E-state index < -0.39 is 0 Å². The van der Waals surface area contributed by atoms with E-state index >= 15 is 0 Å². The monoisotopic (exact) mass is 392 g/mol. The van der Waals surface area contributed by atoms with Crippen LogP contribution < -0.4 is 0 Å². The minimum Gasteiger partial charge on any atom is -0.461 e. The minimum absolute atomic E-state index is 0.0450. The zero-order valence-corrected chi connectivity index (χ0v) is 19.5. The van der Waals surface area contributed by atoms with Crippen molar-refractivity contribution in [2.45, 2.75) is 130 Å². The van der Waals surface area contributed by atoms with Crippen molar-refractivity contribution in [1.82, 2.24) is 0 Å². The van der Waals surface area contributed by atoms with Crippen LogP contribution in [0.3, 0.4) is 0 Å². The predicted molar refractivity (Wildman–Crippen MR) is 124 cm³/mol. The van der Waals surface area contributed by atoms with Crippen LogP contribution in [-0.4, -0.2) is 12.6 Å². The first-order chi connectivity index (χ1) is 13.6. The Kier molecular flexibility index (Phi) is 19.9. The zero-order valence-electron chi connectivity index (χ0n) is 19.5. The largest absolute Gasteiger partial charge is 0.461 e. The molecule has 2 heteroatoms. The molecule has 28 heavy (non-hydrogen) atoms. The third-order valence-corrected chi connectivity index (χ3v) is 5.25. The first-order valence-corrected chi connectivity index (χ1v) is 12.0. The van der Waals surface area contributed by atoms with E-state index in [2.05, 4.69) is 33.8 Å². The summed E-state index contributed by atoms with van der Waals surface area (Å²) < 4.78 is 5.32. The molecule has 0 aliphatic heterocycles. The Morgan fingerprint density at radius 1 is 0.679 bits per heavy atom. The summed E-state index contributed by atoms with van der Waals surface area (Å²) in [5.74, 6) is -0.0450. The summed E-state index contributed by atoms with van der Waals surface area (Å²) in [6.07, 6.45) is 24.2. The van der Waals surface area contributed by atoms with E-state index in [1.54, 1.807) is 0 Å². The highest BCUT2D eigenvalue weighted by atomic mass is 16.5. The fourth-order valence-corrected chi connectivity index (χ4v) is 3.33. The molecular weight excluding hydrogens is 344 g/mol. The van der Waals surface area contributed by atoms with Gasteiger partial charge in [0.25, 0.3) is 0 Å². The van der Waals surface area contributed by atoms with Gasteiger partial charge in [0.05, 0.1) is 0 Å². The number of carbonyl (C=O) groups is 1. The van der Waals surface area contributed by atoms with Crippen molar-refractivity contribution in [3.8, 4) is 0 Å². The van der Waals surface area contributed by atoms with E-state index in [0.717, 1.165) is 25.7 Å². The van der Waals surface area contributed by atoms with E-state index in [9.17, 15) is 4.79 Å². The lowest BCUT2D eigenvalue weighted by Crippen LogP contribution is -2.04. The zero-order chi connectivity index (χ0) is 20.9. The van der Waals surface area contributed by atoms with Crippen LogP contribution in [0.25, 0.3) is 0 Å². The van der Waals surface area contributed by atoms with Crippen molar-refractivity contribution in [2.24, 2.45) is 0 Å². The highest BCUT2D eigenvalue weighted by Crippen LogP contribution is 2.13. The third kappa shape index (κ3) is 21.3. The van der Waals surface area contributed by atoms with Crippen molar-refractivity contribution in [1.29, 1.82) is 0 Å². The molecule has 0 fully saturated rings. The number of ether oxygens (including phenoxy) is 1. The highest BCUT2D eigenvalue weighted by Gasteiger charge is 2.02. The van der Waals surface area contributed by atoms with Gasteiger partial charge in [-0.2, -0.15) is 0 Å². The summed E-state index contributed by atoms with van der Waals surface area (Å²) in [6, 6.07) is 0. The normalized spacial score (nSPS) is 11.5. The van der Waals surface area contributed by atoms with Gasteiger partial charge in [0.2, 0.25) is 0 Å². The smallest absolute Gasteiger partial charge is 0.306 e. The van der Waals surface area contributed by atoms with Crippen molar-refractivity contribution < 1.29 is 9.53 Å². The molecule has 0 amide bonds. The first kappa shape index (κ1) is 27.0. The van der Waals surface area contributed by atoms with Crippen LogP contribution in [0.1, 0.15) is 130 Å². The molecule has 0 spiro atoms. The van der Waals surface area contributed by atoms with Crippen molar-refractivity contribution >= 4 is 5.97 Å². The van der Waals surface area contributed by atoms with Gasteiger partial charge in [-0.3, -0.25) is 4.79 Å². The van der Waals surface area contributed by atoms with Gasteiger partial charge in [-0.25, -0.2) is 0 Å². The molecule has 0 aliphatic carbocycles. The number of unbranched alkanes of at least 4 members (excludes halogenated alkanes) is 12. The van der Waals surface area contributed by atoms with Crippen LogP contribution in [0.5, 0.6) is 0 Å². The lowest BCUT2D eigenvalue weighted by Gasteiger charge is -2.04. The van der Waals surface area contributed by atoms with Crippen LogP contribution in [0.4, 0.5) is 0 Å². The summed E-state index contributed by atoms with van der Waals surface area (Å²) in [4.78, 5) is 11.8. The van der Waals surface area contributed by atoms with E-state index in [-0.39, 0.29) is 5.97 Å². The Morgan fingerprint density at radius 3 is 1.68 bits per heavy atom. The number of esters is 1. The van der Waals surface area contributed by atoms with Crippen LogP contribution in [0.15, 0.2) is 23.3 Å². The van der Waals surface area contributed by atoms with Crippen molar-refractivity contribution in [2.75, 3.05) is 6.61 Å². The second-order valence-corrected chi connectivity index (χ2v) is 8.55. The molecule has 0 radical (unpaired) electrons. The summed E-state index contributed by atoms with van der Waals surface area (Å²) in [5.41, 5.74) is 2.66. The van der Waals surface area contributed by atoms with Gasteiger partial charge in [-0.05, 0) is 46.1 Å². The van der Waals surface area contributed by atoms with Gasteiger partial charge in [0.15, 0.2) is 0 Å². The number of hydrogen-bond donors (Lipinski definition) is 0. The molecule has 0 aromatic carbocycles. The topological polar surface area (TPSA) is 26.3 Å². The second-order valence-electron chi connectivity index (χ2n) is 8.55. The molecule has 0 heterocycles. The Labute approximate surface area is 176 Å². The van der Waals surface area contributed by atoms with Gasteiger partial charge < -0.3 is 4.74 Å². The Morgan fingerprint density at radius 2 is 1.18 bits per heavy atom. The highest BCUT2D eigenvalue weighted by molar-refractivity contribution is 5.69. The summed E-state index contributed by atoms with van der Waals surface area (Å²) in [6.45, 7) is 9.06. The van der Waals surface area contributed by atoms with Crippen LogP contribution in [-0.2, 0) is 9.53 Å². The third-order valence-electron chi connectivity index (χ3n) is 5.25. The summed E-state index contributed by atoms with van der Waals surface area (Å²) >= 11 is 0. The Hall–Kier alpha value is -1.05. The quantitative estimate of drug-likeness (QED) is 0.125. The standard InChI is InChI=1S/C26H48O2/c1-5-6-7-8-9-10-11-12-13-14-15-16-17-21-26(27)28-23-22-25(4)20-18-19-24(2)3/h19,22H,5-18,20-21,23H2,1-4H3/b25-22+. The van der Waals surface area contributed by atoms with Crippen LogP contribution in [0.2, 0.25) is 0 Å². The molecule has 0 rings (SSSR count). The van der Waals surface area contributed by atoms with Crippen LogP contribution in [0, 0.1) is 0 Å². The molecule has 0 bridgehead atoms. The summed E-state index contributed by atoms with van der Waals surface area (Å²) in [5, 5.41) is 0. The Balaban J connectivity index is 3.38. The van der Waals surface area contributed by atoms with Gasteiger partial charge in [-0.1, -0.05) is 101 Å². The fraction of sp³-hybridized carbons (Fsp3) is 0.808. The molecule has 0 saturated carbocycles.